The van der Waals surface area contributed by atoms with Crippen LogP contribution in [0, 0.1) is 5.41 Å². The Balaban J connectivity index is 2.02. The van der Waals surface area contributed by atoms with Crippen LogP contribution in [-0.4, -0.2) is 31.5 Å². The Morgan fingerprint density at radius 3 is 1.79 bits per heavy atom. The molecule has 196 valence electrons. The third kappa shape index (κ3) is 10.5. The molecule has 1 aromatic rings. The first-order chi connectivity index (χ1) is 16.5. The summed E-state index contributed by atoms with van der Waals surface area (Å²) in [5.41, 5.74) is 1.61. The number of aliphatic hydroxyl groups excluding tert-OH is 1. The van der Waals surface area contributed by atoms with E-state index >= 15 is 0 Å². The highest BCUT2D eigenvalue weighted by molar-refractivity contribution is 5.47. The van der Waals surface area contributed by atoms with E-state index in [1.165, 1.54) is 64.2 Å². The van der Waals surface area contributed by atoms with Crippen molar-refractivity contribution in [3.8, 4) is 11.5 Å². The smallest absolute Gasteiger partial charge is 0.187 e. The molecule has 0 amide bonds. The van der Waals surface area contributed by atoms with Crippen molar-refractivity contribution in [3.63, 3.8) is 0 Å². The van der Waals surface area contributed by atoms with Crippen molar-refractivity contribution in [2.45, 2.75) is 118 Å². The van der Waals surface area contributed by atoms with Gasteiger partial charge in [0.1, 0.15) is 11.5 Å². The lowest BCUT2D eigenvalue weighted by Gasteiger charge is -2.35. The molecule has 0 atom stereocenters. The molecule has 1 aromatic carbocycles. The Morgan fingerprint density at radius 2 is 1.26 bits per heavy atom. The van der Waals surface area contributed by atoms with E-state index in [2.05, 4.69) is 27.7 Å². The molecule has 5 nitrogen and oxygen atoms in total. The van der Waals surface area contributed by atoms with Crippen LogP contribution in [0.4, 0.5) is 0 Å². The van der Waals surface area contributed by atoms with E-state index in [1.54, 1.807) is 0 Å². The van der Waals surface area contributed by atoms with Gasteiger partial charge in [0.05, 0.1) is 38.6 Å². The first-order valence-electron chi connectivity index (χ1n) is 13.8. The number of ether oxygens (including phenoxy) is 4. The fourth-order valence-corrected chi connectivity index (χ4v) is 4.19. The fourth-order valence-electron chi connectivity index (χ4n) is 4.19. The molecule has 1 aliphatic rings. The third-order valence-electron chi connectivity index (χ3n) is 6.38. The molecule has 0 spiro atoms. The summed E-state index contributed by atoms with van der Waals surface area (Å²) in [5.74, 6) is 1.43. The predicted molar refractivity (Wildman–Crippen MR) is 139 cm³/mol. The molecule has 0 bridgehead atoms. The highest BCUT2D eigenvalue weighted by atomic mass is 16.7. The van der Waals surface area contributed by atoms with Gasteiger partial charge in [0, 0.05) is 11.0 Å². The van der Waals surface area contributed by atoms with Crippen molar-refractivity contribution in [1.29, 1.82) is 0 Å². The molecule has 1 saturated heterocycles. The summed E-state index contributed by atoms with van der Waals surface area (Å²) in [6.45, 7) is 11.2. The minimum absolute atomic E-state index is 0.00183. The van der Waals surface area contributed by atoms with Gasteiger partial charge in [-0.3, -0.25) is 0 Å². The predicted octanol–water partition coefficient (Wildman–Crippen LogP) is 7.73. The molecular weight excluding hydrogens is 428 g/mol. The van der Waals surface area contributed by atoms with E-state index in [1.807, 2.05) is 12.1 Å². The topological polar surface area (TPSA) is 57.2 Å². The zero-order chi connectivity index (χ0) is 24.7. The molecule has 1 aliphatic heterocycles. The lowest BCUT2D eigenvalue weighted by atomic mass is 9.95. The van der Waals surface area contributed by atoms with Gasteiger partial charge in [0.2, 0.25) is 0 Å². The molecule has 5 heteroatoms. The van der Waals surface area contributed by atoms with E-state index in [9.17, 15) is 5.11 Å². The number of rotatable bonds is 18. The minimum atomic E-state index is -0.475. The standard InChI is InChI=1S/C29H50O5/c1-5-7-9-11-13-15-17-31-26-20-25(28-33-22-29(3,4)23-34-28)27(19-24(26)21-30)32-18-16-14-12-10-8-6-2/h19-20,28,30H,5-18,21-23H2,1-4H3. The maximum Gasteiger partial charge on any atom is 0.187 e. The van der Waals surface area contributed by atoms with Gasteiger partial charge in [-0.15, -0.1) is 0 Å². The maximum atomic E-state index is 10.0. The van der Waals surface area contributed by atoms with Gasteiger partial charge in [0.15, 0.2) is 6.29 Å². The average Bonchev–Trinajstić information content (AvgIpc) is 2.83. The molecule has 1 N–H and O–H groups in total. The largest absolute Gasteiger partial charge is 0.493 e. The first-order valence-corrected chi connectivity index (χ1v) is 13.8. The second-order valence-electron chi connectivity index (χ2n) is 10.5. The molecule has 1 fully saturated rings. The summed E-state index contributed by atoms with van der Waals surface area (Å²) in [6, 6.07) is 3.87. The molecule has 0 radical (unpaired) electrons. The summed E-state index contributed by atoms with van der Waals surface area (Å²) in [4.78, 5) is 0. The zero-order valence-corrected chi connectivity index (χ0v) is 22.3. The Hall–Kier alpha value is -1.30. The van der Waals surface area contributed by atoms with Crippen molar-refractivity contribution >= 4 is 0 Å². The van der Waals surface area contributed by atoms with Gasteiger partial charge in [-0.1, -0.05) is 91.9 Å². The van der Waals surface area contributed by atoms with Crippen LogP contribution in [0.2, 0.25) is 0 Å². The van der Waals surface area contributed by atoms with Crippen LogP contribution >= 0.6 is 0 Å². The van der Waals surface area contributed by atoms with Crippen LogP contribution in [-0.2, 0) is 16.1 Å². The Morgan fingerprint density at radius 1 is 0.765 bits per heavy atom. The van der Waals surface area contributed by atoms with E-state index in [0.29, 0.717) is 32.2 Å². The highest BCUT2D eigenvalue weighted by Crippen LogP contribution is 2.39. The van der Waals surface area contributed by atoms with Crippen LogP contribution in [0.25, 0.3) is 0 Å². The fraction of sp³-hybridized carbons (Fsp3) is 0.793. The van der Waals surface area contributed by atoms with Crippen LogP contribution in [0.1, 0.15) is 122 Å². The Bertz CT molecular complexity index is 663. The second-order valence-corrected chi connectivity index (χ2v) is 10.5. The number of unbranched alkanes of at least 4 members (excludes halogenated alkanes) is 10. The van der Waals surface area contributed by atoms with Gasteiger partial charge in [0.25, 0.3) is 0 Å². The molecule has 0 aromatic heterocycles. The lowest BCUT2D eigenvalue weighted by Crippen LogP contribution is -2.34. The Labute approximate surface area is 208 Å². The first kappa shape index (κ1) is 28.9. The average molecular weight is 479 g/mol. The summed E-state index contributed by atoms with van der Waals surface area (Å²) in [5, 5.41) is 10.0. The minimum Gasteiger partial charge on any atom is -0.493 e. The van der Waals surface area contributed by atoms with Crippen molar-refractivity contribution in [3.05, 3.63) is 23.3 Å². The van der Waals surface area contributed by atoms with Crippen molar-refractivity contribution in [2.75, 3.05) is 26.4 Å². The van der Waals surface area contributed by atoms with E-state index in [0.717, 1.165) is 29.7 Å². The molecular formula is C29H50O5. The normalized spacial score (nSPS) is 16.0. The van der Waals surface area contributed by atoms with E-state index in [-0.39, 0.29) is 12.0 Å². The van der Waals surface area contributed by atoms with Crippen molar-refractivity contribution in [1.82, 2.24) is 0 Å². The van der Waals surface area contributed by atoms with Crippen LogP contribution in [0.5, 0.6) is 11.5 Å². The molecule has 2 rings (SSSR count). The van der Waals surface area contributed by atoms with Gasteiger partial charge >= 0.3 is 0 Å². The monoisotopic (exact) mass is 478 g/mol. The van der Waals surface area contributed by atoms with Gasteiger partial charge in [-0.05, 0) is 25.0 Å². The van der Waals surface area contributed by atoms with Gasteiger partial charge in [-0.2, -0.15) is 0 Å². The summed E-state index contributed by atoms with van der Waals surface area (Å²) >= 11 is 0. The lowest BCUT2D eigenvalue weighted by molar-refractivity contribution is -0.226. The SMILES string of the molecule is CCCCCCCCOc1cc(C2OCC(C)(C)CO2)c(OCCCCCCCC)cc1CO. The summed E-state index contributed by atoms with van der Waals surface area (Å²) in [6.07, 6.45) is 14.1. The molecule has 0 aliphatic carbocycles. The molecule has 34 heavy (non-hydrogen) atoms. The van der Waals surface area contributed by atoms with Crippen molar-refractivity contribution < 1.29 is 24.1 Å². The Kier molecular flexibility index (Phi) is 13.9. The molecule has 0 saturated carbocycles. The summed E-state index contributed by atoms with van der Waals surface area (Å²) < 4.78 is 24.5. The third-order valence-corrected chi connectivity index (χ3v) is 6.38. The number of hydrogen-bond acceptors (Lipinski definition) is 5. The zero-order valence-electron chi connectivity index (χ0n) is 22.3. The quantitative estimate of drug-likeness (QED) is 0.219. The molecule has 0 unspecified atom stereocenters. The van der Waals surface area contributed by atoms with Crippen LogP contribution < -0.4 is 9.47 Å². The second kappa shape index (κ2) is 16.4. The van der Waals surface area contributed by atoms with Crippen LogP contribution in [0.15, 0.2) is 12.1 Å². The van der Waals surface area contributed by atoms with E-state index < -0.39 is 6.29 Å². The number of hydrogen-bond donors (Lipinski definition) is 1. The number of benzene rings is 1. The van der Waals surface area contributed by atoms with Crippen molar-refractivity contribution in [2.24, 2.45) is 5.41 Å². The van der Waals surface area contributed by atoms with Crippen LogP contribution in [0.3, 0.4) is 0 Å². The highest BCUT2D eigenvalue weighted by Gasteiger charge is 2.31. The van der Waals surface area contributed by atoms with E-state index in [4.69, 9.17) is 18.9 Å². The van der Waals surface area contributed by atoms with Gasteiger partial charge < -0.3 is 24.1 Å². The summed E-state index contributed by atoms with van der Waals surface area (Å²) in [7, 11) is 0. The van der Waals surface area contributed by atoms with Gasteiger partial charge in [-0.25, -0.2) is 0 Å². The molecule has 1 heterocycles. The number of aliphatic hydroxyl groups is 1. The maximum absolute atomic E-state index is 10.0.